The van der Waals surface area contributed by atoms with Gasteiger partial charge >= 0.3 is 0 Å². The topological polar surface area (TPSA) is 38.4 Å². The van der Waals surface area contributed by atoms with Crippen LogP contribution < -0.4 is 5.73 Å². The van der Waals surface area contributed by atoms with Crippen molar-refractivity contribution in [2.75, 3.05) is 27.2 Å². The molecule has 0 aromatic heterocycles. The maximum atomic E-state index is 6.38. The molecule has 2 atom stereocenters. The number of aryl methyl sites for hydroxylation is 2. The van der Waals surface area contributed by atoms with Crippen molar-refractivity contribution in [3.63, 3.8) is 0 Å². The molecule has 2 rings (SSSR count). The summed E-state index contributed by atoms with van der Waals surface area (Å²) in [5, 5.41) is 0. The van der Waals surface area contributed by atoms with Gasteiger partial charge in [-0.25, -0.2) is 0 Å². The normalized spacial score (nSPS) is 23.1. The van der Waals surface area contributed by atoms with E-state index in [4.69, 9.17) is 10.7 Å². The summed E-state index contributed by atoms with van der Waals surface area (Å²) in [5.41, 5.74) is 11.8. The van der Waals surface area contributed by atoms with Gasteiger partial charge in [0.15, 0.2) is 0 Å². The molecule has 2 N–H and O–H groups in total. The molecule has 1 heterocycles. The average molecular weight is 314 g/mol. The number of rotatable bonds is 4. The van der Waals surface area contributed by atoms with Crippen molar-refractivity contribution in [2.24, 2.45) is 22.6 Å². The molecule has 1 fully saturated rings. The third-order valence-corrected chi connectivity index (χ3v) is 5.09. The summed E-state index contributed by atoms with van der Waals surface area (Å²) in [6, 6.07) is 6.35. The highest BCUT2D eigenvalue weighted by molar-refractivity contribution is 5.95. The van der Waals surface area contributed by atoms with Crippen molar-refractivity contribution in [1.82, 2.24) is 0 Å². The van der Waals surface area contributed by atoms with Crippen LogP contribution in [0, 0.1) is 25.7 Å². The van der Waals surface area contributed by atoms with Crippen LogP contribution in [-0.2, 0) is 0 Å². The third kappa shape index (κ3) is 4.68. The third-order valence-electron chi connectivity index (χ3n) is 5.09. The van der Waals surface area contributed by atoms with E-state index in [0.717, 1.165) is 21.6 Å². The van der Waals surface area contributed by atoms with Gasteiger partial charge in [0.25, 0.3) is 0 Å². The van der Waals surface area contributed by atoms with E-state index >= 15 is 0 Å². The number of aliphatic imine (C=N–C) groups is 1. The van der Waals surface area contributed by atoms with Crippen LogP contribution in [0.25, 0.3) is 0 Å². The molecule has 1 aliphatic heterocycles. The molecule has 0 saturated carbocycles. The fourth-order valence-corrected chi connectivity index (χ4v) is 3.54. The molecule has 0 bridgehead atoms. The fourth-order valence-electron chi connectivity index (χ4n) is 3.54. The largest absolute Gasteiger partial charge is 0.402 e. The van der Waals surface area contributed by atoms with Gasteiger partial charge in [-0.3, -0.25) is 4.99 Å². The number of hydrogen-bond acceptors (Lipinski definition) is 2. The Balaban J connectivity index is 2.11. The summed E-state index contributed by atoms with van der Waals surface area (Å²) in [7, 11) is 4.61. The first-order chi connectivity index (χ1) is 10.7. The van der Waals surface area contributed by atoms with Gasteiger partial charge < -0.3 is 10.2 Å². The van der Waals surface area contributed by atoms with Crippen LogP contribution in [0.5, 0.6) is 0 Å². The number of likely N-dealkylation sites (tertiary alicyclic amines) is 1. The van der Waals surface area contributed by atoms with Crippen LogP contribution in [0.1, 0.15) is 31.4 Å². The molecule has 0 aliphatic carbocycles. The zero-order chi connectivity index (χ0) is 17.2. The van der Waals surface area contributed by atoms with Crippen molar-refractivity contribution in [2.45, 2.75) is 34.1 Å². The number of nitrogens with two attached hydrogens (primary N) is 1. The summed E-state index contributed by atoms with van der Waals surface area (Å²) < 4.78 is 1.11. The van der Waals surface area contributed by atoms with Gasteiger partial charge in [0.05, 0.1) is 32.9 Å². The Morgan fingerprint density at radius 2 is 2.04 bits per heavy atom. The summed E-state index contributed by atoms with van der Waals surface area (Å²) in [4.78, 5) is 4.73. The first-order valence-electron chi connectivity index (χ1n) is 8.59. The summed E-state index contributed by atoms with van der Waals surface area (Å²) in [6.07, 6.45) is 3.32. The van der Waals surface area contributed by atoms with E-state index in [1.165, 1.54) is 30.6 Å². The first-order valence-corrected chi connectivity index (χ1v) is 8.59. The van der Waals surface area contributed by atoms with E-state index in [1.807, 2.05) is 6.92 Å². The Kier molecular flexibility index (Phi) is 5.30. The smallest absolute Gasteiger partial charge is 0.0819 e. The van der Waals surface area contributed by atoms with Crippen LogP contribution in [0.3, 0.4) is 0 Å². The summed E-state index contributed by atoms with van der Waals surface area (Å²) >= 11 is 0. The van der Waals surface area contributed by atoms with E-state index in [9.17, 15) is 0 Å². The number of quaternary nitrogens is 1. The van der Waals surface area contributed by atoms with Crippen molar-refractivity contribution in [3.05, 3.63) is 41.1 Å². The van der Waals surface area contributed by atoms with Gasteiger partial charge in [-0.15, -0.1) is 0 Å². The minimum Gasteiger partial charge on any atom is -0.402 e. The SMILES string of the molecule is CC(/C=C(\N)[C@H](C)C1CC[N+](C)(C)C1)=Nc1ccc(C)cc1C. The molecule has 126 valence electrons. The molecule has 3 nitrogen and oxygen atoms in total. The summed E-state index contributed by atoms with van der Waals surface area (Å²) in [6.45, 7) is 11.0. The maximum Gasteiger partial charge on any atom is 0.0819 e. The molecular weight excluding hydrogens is 282 g/mol. The molecular formula is C20H32N3+. The monoisotopic (exact) mass is 314 g/mol. The molecule has 0 radical (unpaired) electrons. The lowest BCUT2D eigenvalue weighted by atomic mass is 9.90. The van der Waals surface area contributed by atoms with Gasteiger partial charge in [-0.05, 0) is 38.5 Å². The Bertz CT molecular complexity index is 626. The van der Waals surface area contributed by atoms with E-state index < -0.39 is 0 Å². The van der Waals surface area contributed by atoms with Crippen molar-refractivity contribution < 1.29 is 4.48 Å². The van der Waals surface area contributed by atoms with Crippen molar-refractivity contribution >= 4 is 11.4 Å². The minimum atomic E-state index is 0.416. The van der Waals surface area contributed by atoms with E-state index in [2.05, 4.69) is 59.1 Å². The molecule has 23 heavy (non-hydrogen) atoms. The van der Waals surface area contributed by atoms with Crippen LogP contribution in [0.15, 0.2) is 35.0 Å². The molecule has 0 amide bonds. The molecule has 1 unspecified atom stereocenters. The Morgan fingerprint density at radius 3 is 2.61 bits per heavy atom. The lowest BCUT2D eigenvalue weighted by Gasteiger charge is -2.25. The predicted molar refractivity (Wildman–Crippen MR) is 100 cm³/mol. The quantitative estimate of drug-likeness (QED) is 0.663. The second kappa shape index (κ2) is 6.88. The Labute approximate surface area is 141 Å². The second-order valence-corrected chi connectivity index (χ2v) is 7.87. The van der Waals surface area contributed by atoms with Crippen LogP contribution in [0.4, 0.5) is 5.69 Å². The van der Waals surface area contributed by atoms with Crippen LogP contribution >= 0.6 is 0 Å². The summed E-state index contributed by atoms with van der Waals surface area (Å²) in [5.74, 6) is 1.09. The van der Waals surface area contributed by atoms with Gasteiger partial charge in [0.1, 0.15) is 0 Å². The predicted octanol–water partition coefficient (Wildman–Crippen LogP) is 3.97. The maximum absolute atomic E-state index is 6.38. The zero-order valence-electron chi connectivity index (χ0n) is 15.6. The first kappa shape index (κ1) is 17.7. The lowest BCUT2D eigenvalue weighted by molar-refractivity contribution is -0.879. The standard InChI is InChI=1S/C20H32N3/c1-14-7-8-20(15(2)11-14)22-16(3)12-19(21)17(4)18-9-10-23(5,6)13-18/h7-8,11-12,17-18H,9-10,13,21H2,1-6H3/q+1/b19-12-,22-16?/t17-,18?/m1/s1. The molecule has 1 aromatic rings. The highest BCUT2D eigenvalue weighted by Gasteiger charge is 2.34. The van der Waals surface area contributed by atoms with Crippen molar-refractivity contribution in [3.8, 4) is 0 Å². The van der Waals surface area contributed by atoms with Gasteiger partial charge in [0.2, 0.25) is 0 Å². The molecule has 1 aromatic carbocycles. The number of nitrogens with zero attached hydrogens (tertiary/aromatic N) is 2. The van der Waals surface area contributed by atoms with Gasteiger partial charge in [-0.1, -0.05) is 24.6 Å². The number of hydrogen-bond donors (Lipinski definition) is 1. The molecule has 0 spiro atoms. The van der Waals surface area contributed by atoms with Crippen molar-refractivity contribution in [1.29, 1.82) is 0 Å². The fraction of sp³-hybridized carbons (Fsp3) is 0.550. The second-order valence-electron chi connectivity index (χ2n) is 7.87. The molecule has 1 aliphatic rings. The Hall–Kier alpha value is -1.61. The molecule has 3 heteroatoms. The average Bonchev–Trinajstić information content (AvgIpc) is 2.81. The highest BCUT2D eigenvalue weighted by Crippen LogP contribution is 2.29. The van der Waals surface area contributed by atoms with Crippen LogP contribution in [0.2, 0.25) is 0 Å². The Morgan fingerprint density at radius 1 is 1.35 bits per heavy atom. The zero-order valence-corrected chi connectivity index (χ0v) is 15.6. The number of benzene rings is 1. The lowest BCUT2D eigenvalue weighted by Crippen LogP contribution is -2.37. The molecule has 1 saturated heterocycles. The van der Waals surface area contributed by atoms with Gasteiger partial charge in [-0.2, -0.15) is 0 Å². The highest BCUT2D eigenvalue weighted by atomic mass is 15.3. The van der Waals surface area contributed by atoms with E-state index in [-0.39, 0.29) is 0 Å². The van der Waals surface area contributed by atoms with E-state index in [1.54, 1.807) is 0 Å². The van der Waals surface area contributed by atoms with E-state index in [0.29, 0.717) is 11.8 Å². The number of allylic oxidation sites excluding steroid dienone is 2. The van der Waals surface area contributed by atoms with Gasteiger partial charge in [0, 0.05) is 29.7 Å². The van der Waals surface area contributed by atoms with Crippen LogP contribution in [-0.4, -0.2) is 37.4 Å². The minimum absolute atomic E-state index is 0.416.